The Labute approximate surface area is 83.9 Å². The highest BCUT2D eigenvalue weighted by Gasteiger charge is 2.31. The predicted octanol–water partition coefficient (Wildman–Crippen LogP) is 1.65. The van der Waals surface area contributed by atoms with Gasteiger partial charge in [-0.2, -0.15) is 0 Å². The number of rotatable bonds is 3. The Bertz CT molecular complexity index is 318. The van der Waals surface area contributed by atoms with Crippen molar-refractivity contribution in [2.45, 2.75) is 12.5 Å². The lowest BCUT2D eigenvalue weighted by Crippen LogP contribution is -2.20. The normalized spacial score (nSPS) is 20.7. The number of alkyl halides is 3. The summed E-state index contributed by atoms with van der Waals surface area (Å²) in [6.45, 7) is 0. The van der Waals surface area contributed by atoms with Crippen LogP contribution in [0.2, 0.25) is 0 Å². The molecule has 0 heterocycles. The molecular formula is C9H8F3NO2. The summed E-state index contributed by atoms with van der Waals surface area (Å²) in [5.41, 5.74) is 0.398. The van der Waals surface area contributed by atoms with Gasteiger partial charge in [-0.05, 0) is 18.2 Å². The second kappa shape index (κ2) is 4.79. The zero-order valence-corrected chi connectivity index (χ0v) is 7.49. The standard InChI is InChI=1S/C9H8F3NO2/c10-9(11,12)15-8-3-1-2-7(4-5-8)13-6-14/h1-6,8H,(H,13,14). The molecule has 3 nitrogen and oxygen atoms in total. The zero-order valence-electron chi connectivity index (χ0n) is 7.49. The maximum absolute atomic E-state index is 11.8. The molecule has 1 atom stereocenters. The topological polar surface area (TPSA) is 38.3 Å². The SMILES string of the molecule is O=CNC1=CC=CC(OC(F)(F)F)C=C1. The molecule has 15 heavy (non-hydrogen) atoms. The summed E-state index contributed by atoms with van der Waals surface area (Å²) in [4.78, 5) is 10.1. The summed E-state index contributed by atoms with van der Waals surface area (Å²) in [6, 6.07) is 0. The van der Waals surface area contributed by atoms with E-state index in [-0.39, 0.29) is 0 Å². The van der Waals surface area contributed by atoms with Crippen LogP contribution in [0.25, 0.3) is 0 Å². The summed E-state index contributed by atoms with van der Waals surface area (Å²) in [7, 11) is 0. The smallest absolute Gasteiger partial charge is 0.329 e. The summed E-state index contributed by atoms with van der Waals surface area (Å²) >= 11 is 0. The van der Waals surface area contributed by atoms with Crippen molar-refractivity contribution >= 4 is 6.41 Å². The number of carbonyl (C=O) groups is 1. The van der Waals surface area contributed by atoms with E-state index in [4.69, 9.17) is 0 Å². The first-order valence-corrected chi connectivity index (χ1v) is 4.03. The lowest BCUT2D eigenvalue weighted by atomic mass is 10.3. The van der Waals surface area contributed by atoms with E-state index in [9.17, 15) is 18.0 Å². The van der Waals surface area contributed by atoms with E-state index in [1.807, 2.05) is 0 Å². The van der Waals surface area contributed by atoms with Gasteiger partial charge in [-0.3, -0.25) is 9.53 Å². The van der Waals surface area contributed by atoms with E-state index < -0.39 is 12.5 Å². The van der Waals surface area contributed by atoms with Crippen molar-refractivity contribution in [3.63, 3.8) is 0 Å². The molecule has 0 saturated carbocycles. The second-order valence-corrected chi connectivity index (χ2v) is 2.66. The van der Waals surface area contributed by atoms with Gasteiger partial charge in [0.15, 0.2) is 0 Å². The van der Waals surface area contributed by atoms with Crippen molar-refractivity contribution in [2.75, 3.05) is 0 Å². The van der Waals surface area contributed by atoms with E-state index in [2.05, 4.69) is 10.1 Å². The number of carbonyl (C=O) groups excluding carboxylic acids is 1. The van der Waals surface area contributed by atoms with E-state index in [0.717, 1.165) is 0 Å². The molecule has 0 saturated heterocycles. The monoisotopic (exact) mass is 219 g/mol. The molecule has 0 aliphatic heterocycles. The summed E-state index contributed by atoms with van der Waals surface area (Å²) in [6.07, 6.45) is 1.18. The summed E-state index contributed by atoms with van der Waals surface area (Å²) in [5, 5.41) is 2.31. The van der Waals surface area contributed by atoms with Gasteiger partial charge >= 0.3 is 6.36 Å². The zero-order chi connectivity index (χ0) is 11.3. The average Bonchev–Trinajstić information content (AvgIpc) is 2.29. The molecule has 0 radical (unpaired) electrons. The van der Waals surface area contributed by atoms with E-state index in [1.54, 1.807) is 0 Å². The molecule has 1 aliphatic rings. The Morgan fingerprint density at radius 2 is 2.13 bits per heavy atom. The fourth-order valence-corrected chi connectivity index (χ4v) is 0.984. The molecule has 6 heteroatoms. The van der Waals surface area contributed by atoms with Crippen LogP contribution in [0.4, 0.5) is 13.2 Å². The number of nitrogens with one attached hydrogen (secondary N) is 1. The minimum Gasteiger partial charge on any atom is -0.329 e. The molecule has 0 aromatic rings. The van der Waals surface area contributed by atoms with Gasteiger partial charge in [0.25, 0.3) is 0 Å². The number of halogens is 3. The Morgan fingerprint density at radius 1 is 1.40 bits per heavy atom. The van der Waals surface area contributed by atoms with Gasteiger partial charge in [0, 0.05) is 5.70 Å². The number of amides is 1. The minimum absolute atomic E-state index is 0.398. The fraction of sp³-hybridized carbons (Fsp3) is 0.222. The average molecular weight is 219 g/mol. The number of hydrogen-bond donors (Lipinski definition) is 1. The summed E-state index contributed by atoms with van der Waals surface area (Å²) in [5.74, 6) is 0. The molecular weight excluding hydrogens is 211 g/mol. The van der Waals surface area contributed by atoms with Crippen LogP contribution in [0.1, 0.15) is 0 Å². The first kappa shape index (κ1) is 11.5. The van der Waals surface area contributed by atoms with Crippen LogP contribution in [-0.2, 0) is 9.53 Å². The van der Waals surface area contributed by atoms with Crippen LogP contribution in [0.15, 0.2) is 36.1 Å². The molecule has 1 N–H and O–H groups in total. The first-order chi connectivity index (χ1) is 7.01. The number of ether oxygens (including phenoxy) is 1. The van der Waals surface area contributed by atoms with E-state index in [1.165, 1.54) is 30.4 Å². The molecule has 0 bridgehead atoms. The second-order valence-electron chi connectivity index (χ2n) is 2.66. The molecule has 0 aromatic carbocycles. The van der Waals surface area contributed by atoms with Crippen LogP contribution in [0, 0.1) is 0 Å². The van der Waals surface area contributed by atoms with Crippen molar-refractivity contribution in [3.8, 4) is 0 Å². The van der Waals surface area contributed by atoms with Gasteiger partial charge in [0.05, 0.1) is 0 Å². The quantitative estimate of drug-likeness (QED) is 0.733. The number of allylic oxidation sites excluding steroid dienone is 3. The highest BCUT2D eigenvalue weighted by molar-refractivity contribution is 5.52. The molecule has 82 valence electrons. The molecule has 1 amide bonds. The van der Waals surface area contributed by atoms with Crippen molar-refractivity contribution in [3.05, 3.63) is 36.1 Å². The van der Waals surface area contributed by atoms with Gasteiger partial charge in [-0.25, -0.2) is 0 Å². The van der Waals surface area contributed by atoms with Crippen LogP contribution in [0.3, 0.4) is 0 Å². The highest BCUT2D eigenvalue weighted by Crippen LogP contribution is 2.20. The fourth-order valence-electron chi connectivity index (χ4n) is 0.984. The van der Waals surface area contributed by atoms with Crippen LogP contribution < -0.4 is 5.32 Å². The van der Waals surface area contributed by atoms with Crippen LogP contribution >= 0.6 is 0 Å². The van der Waals surface area contributed by atoms with Gasteiger partial charge in [0.1, 0.15) is 6.10 Å². The summed E-state index contributed by atoms with van der Waals surface area (Å²) < 4.78 is 39.3. The first-order valence-electron chi connectivity index (χ1n) is 4.03. The predicted molar refractivity (Wildman–Crippen MR) is 46.5 cm³/mol. The molecule has 0 fully saturated rings. The highest BCUT2D eigenvalue weighted by atomic mass is 19.4. The molecule has 1 rings (SSSR count). The largest absolute Gasteiger partial charge is 0.523 e. The van der Waals surface area contributed by atoms with Crippen molar-refractivity contribution in [1.29, 1.82) is 0 Å². The Morgan fingerprint density at radius 3 is 2.73 bits per heavy atom. The molecule has 1 aliphatic carbocycles. The van der Waals surface area contributed by atoms with Gasteiger partial charge in [0.2, 0.25) is 6.41 Å². The van der Waals surface area contributed by atoms with Crippen molar-refractivity contribution in [2.24, 2.45) is 0 Å². The van der Waals surface area contributed by atoms with Crippen molar-refractivity contribution in [1.82, 2.24) is 5.32 Å². The Kier molecular flexibility index (Phi) is 3.68. The maximum atomic E-state index is 11.8. The Hall–Kier alpha value is -1.56. The third-order valence-electron chi connectivity index (χ3n) is 1.54. The van der Waals surface area contributed by atoms with Gasteiger partial charge in [-0.1, -0.05) is 12.2 Å². The molecule has 1 unspecified atom stereocenters. The van der Waals surface area contributed by atoms with E-state index >= 15 is 0 Å². The van der Waals surface area contributed by atoms with Gasteiger partial charge < -0.3 is 5.32 Å². The molecule has 0 aromatic heterocycles. The minimum atomic E-state index is -4.68. The van der Waals surface area contributed by atoms with Crippen LogP contribution in [0.5, 0.6) is 0 Å². The third kappa shape index (κ3) is 4.46. The number of hydrogen-bond acceptors (Lipinski definition) is 2. The van der Waals surface area contributed by atoms with Crippen LogP contribution in [-0.4, -0.2) is 18.9 Å². The third-order valence-corrected chi connectivity index (χ3v) is 1.54. The Balaban J connectivity index is 2.62. The lowest BCUT2D eigenvalue weighted by molar-refractivity contribution is -0.330. The van der Waals surface area contributed by atoms with E-state index in [0.29, 0.717) is 12.1 Å². The van der Waals surface area contributed by atoms with Crippen molar-refractivity contribution < 1.29 is 22.7 Å². The lowest BCUT2D eigenvalue weighted by Gasteiger charge is -2.11. The van der Waals surface area contributed by atoms with Gasteiger partial charge in [-0.15, -0.1) is 13.2 Å². The molecule has 0 spiro atoms. The maximum Gasteiger partial charge on any atom is 0.523 e.